The SMILES string of the molecule is Cc1ccc(N(CCC(=O)NC(C)(C)C)S(C)(=O)=O)cc1. The molecule has 0 aliphatic carbocycles. The zero-order chi connectivity index (χ0) is 16.3. The van der Waals surface area contributed by atoms with Gasteiger partial charge in [-0.2, -0.15) is 0 Å². The van der Waals surface area contributed by atoms with Gasteiger partial charge in [-0.15, -0.1) is 0 Å². The molecule has 0 fully saturated rings. The number of aryl methyl sites for hydroxylation is 1. The number of amides is 1. The van der Waals surface area contributed by atoms with Gasteiger partial charge in [0, 0.05) is 18.5 Å². The molecule has 0 radical (unpaired) electrons. The van der Waals surface area contributed by atoms with Crippen molar-refractivity contribution in [2.24, 2.45) is 0 Å². The van der Waals surface area contributed by atoms with Crippen LogP contribution in [0.2, 0.25) is 0 Å². The number of hydrogen-bond donors (Lipinski definition) is 1. The lowest BCUT2D eigenvalue weighted by Gasteiger charge is -2.24. The van der Waals surface area contributed by atoms with Crippen LogP contribution in [0.1, 0.15) is 32.8 Å². The molecule has 0 aliphatic rings. The van der Waals surface area contributed by atoms with E-state index in [9.17, 15) is 13.2 Å². The van der Waals surface area contributed by atoms with Crippen molar-refractivity contribution in [2.75, 3.05) is 17.1 Å². The van der Waals surface area contributed by atoms with E-state index in [1.165, 1.54) is 4.31 Å². The van der Waals surface area contributed by atoms with Gasteiger partial charge in [0.2, 0.25) is 15.9 Å². The molecule has 0 saturated carbocycles. The van der Waals surface area contributed by atoms with Gasteiger partial charge in [0.15, 0.2) is 0 Å². The monoisotopic (exact) mass is 312 g/mol. The third-order valence-electron chi connectivity index (χ3n) is 2.78. The minimum Gasteiger partial charge on any atom is -0.351 e. The number of hydrogen-bond acceptors (Lipinski definition) is 3. The lowest BCUT2D eigenvalue weighted by atomic mass is 10.1. The minimum atomic E-state index is -3.42. The quantitative estimate of drug-likeness (QED) is 0.905. The topological polar surface area (TPSA) is 66.5 Å². The number of sulfonamides is 1. The third-order valence-corrected chi connectivity index (χ3v) is 3.97. The number of benzene rings is 1. The largest absolute Gasteiger partial charge is 0.351 e. The van der Waals surface area contributed by atoms with Crippen molar-refractivity contribution in [1.29, 1.82) is 0 Å². The molecule has 0 aliphatic heterocycles. The zero-order valence-corrected chi connectivity index (χ0v) is 14.1. The molecule has 1 N–H and O–H groups in total. The van der Waals surface area contributed by atoms with E-state index in [4.69, 9.17) is 0 Å². The Kier molecular flexibility index (Phi) is 5.39. The van der Waals surface area contributed by atoms with E-state index >= 15 is 0 Å². The van der Waals surface area contributed by atoms with Gasteiger partial charge in [-0.3, -0.25) is 9.10 Å². The molecule has 1 aromatic rings. The van der Waals surface area contributed by atoms with Crippen molar-refractivity contribution < 1.29 is 13.2 Å². The summed E-state index contributed by atoms with van der Waals surface area (Å²) in [6, 6.07) is 7.20. The van der Waals surface area contributed by atoms with Crippen LogP contribution in [0, 0.1) is 6.92 Å². The van der Waals surface area contributed by atoms with Crippen molar-refractivity contribution in [3.05, 3.63) is 29.8 Å². The van der Waals surface area contributed by atoms with Gasteiger partial charge >= 0.3 is 0 Å². The second-order valence-electron chi connectivity index (χ2n) is 6.22. The van der Waals surface area contributed by atoms with E-state index in [1.54, 1.807) is 12.1 Å². The fourth-order valence-electron chi connectivity index (χ4n) is 1.88. The molecule has 21 heavy (non-hydrogen) atoms. The Morgan fingerprint density at radius 1 is 1.19 bits per heavy atom. The summed E-state index contributed by atoms with van der Waals surface area (Å²) in [6.45, 7) is 7.73. The maximum absolute atomic E-state index is 11.9. The van der Waals surface area contributed by atoms with Crippen LogP contribution < -0.4 is 9.62 Å². The summed E-state index contributed by atoms with van der Waals surface area (Å²) < 4.78 is 25.1. The summed E-state index contributed by atoms with van der Waals surface area (Å²) in [4.78, 5) is 11.8. The lowest BCUT2D eigenvalue weighted by molar-refractivity contribution is -0.122. The van der Waals surface area contributed by atoms with Crippen molar-refractivity contribution >= 4 is 21.6 Å². The molecule has 1 amide bonds. The van der Waals surface area contributed by atoms with Crippen LogP contribution >= 0.6 is 0 Å². The number of nitrogens with one attached hydrogen (secondary N) is 1. The fraction of sp³-hybridized carbons (Fsp3) is 0.533. The molecule has 0 aromatic heterocycles. The number of nitrogens with zero attached hydrogens (tertiary/aromatic N) is 1. The van der Waals surface area contributed by atoms with Crippen molar-refractivity contribution in [2.45, 2.75) is 39.7 Å². The lowest BCUT2D eigenvalue weighted by Crippen LogP contribution is -2.42. The molecule has 0 bridgehead atoms. The summed E-state index contributed by atoms with van der Waals surface area (Å²) in [5, 5.41) is 2.83. The van der Waals surface area contributed by atoms with E-state index in [-0.39, 0.29) is 24.4 Å². The second kappa shape index (κ2) is 6.47. The highest BCUT2D eigenvalue weighted by Crippen LogP contribution is 2.18. The molecule has 0 atom stereocenters. The van der Waals surface area contributed by atoms with Gasteiger partial charge in [-0.1, -0.05) is 17.7 Å². The molecule has 118 valence electrons. The number of carbonyl (C=O) groups is 1. The van der Waals surface area contributed by atoms with Gasteiger partial charge in [0.05, 0.1) is 11.9 Å². The highest BCUT2D eigenvalue weighted by Gasteiger charge is 2.20. The molecule has 0 saturated heterocycles. The zero-order valence-electron chi connectivity index (χ0n) is 13.3. The Morgan fingerprint density at radius 3 is 2.14 bits per heavy atom. The van der Waals surface area contributed by atoms with Crippen molar-refractivity contribution in [3.63, 3.8) is 0 Å². The van der Waals surface area contributed by atoms with Crippen LogP contribution in [0.3, 0.4) is 0 Å². The predicted molar refractivity (Wildman–Crippen MR) is 85.9 cm³/mol. The van der Waals surface area contributed by atoms with Crippen LogP contribution in [-0.2, 0) is 14.8 Å². The van der Waals surface area contributed by atoms with E-state index in [1.807, 2.05) is 39.8 Å². The van der Waals surface area contributed by atoms with Gasteiger partial charge in [-0.25, -0.2) is 8.42 Å². The van der Waals surface area contributed by atoms with Gasteiger partial charge in [0.25, 0.3) is 0 Å². The maximum atomic E-state index is 11.9. The first-order valence-corrected chi connectivity index (χ1v) is 8.69. The van der Waals surface area contributed by atoms with E-state index in [0.29, 0.717) is 5.69 Å². The molecule has 1 aromatic carbocycles. The van der Waals surface area contributed by atoms with Crippen LogP contribution in [0.5, 0.6) is 0 Å². The molecular weight excluding hydrogens is 288 g/mol. The van der Waals surface area contributed by atoms with Crippen LogP contribution in [-0.4, -0.2) is 32.7 Å². The standard InChI is InChI=1S/C15H24N2O3S/c1-12-6-8-13(9-7-12)17(21(5,19)20)11-10-14(18)16-15(2,3)4/h6-9H,10-11H2,1-5H3,(H,16,18). The summed E-state index contributed by atoms with van der Waals surface area (Å²) >= 11 is 0. The minimum absolute atomic E-state index is 0.123. The maximum Gasteiger partial charge on any atom is 0.232 e. The van der Waals surface area contributed by atoms with Crippen LogP contribution in [0.25, 0.3) is 0 Å². The highest BCUT2D eigenvalue weighted by molar-refractivity contribution is 7.92. The number of carbonyl (C=O) groups excluding carboxylic acids is 1. The highest BCUT2D eigenvalue weighted by atomic mass is 32.2. The second-order valence-corrected chi connectivity index (χ2v) is 8.13. The average molecular weight is 312 g/mol. The van der Waals surface area contributed by atoms with Crippen molar-refractivity contribution in [3.8, 4) is 0 Å². The van der Waals surface area contributed by atoms with Gasteiger partial charge < -0.3 is 5.32 Å². The first-order chi connectivity index (χ1) is 9.49. The van der Waals surface area contributed by atoms with Crippen LogP contribution in [0.4, 0.5) is 5.69 Å². The first-order valence-electron chi connectivity index (χ1n) is 6.84. The Labute approximate surface area is 127 Å². The number of rotatable bonds is 5. The normalized spacial score (nSPS) is 12.0. The molecule has 0 heterocycles. The fourth-order valence-corrected chi connectivity index (χ4v) is 2.81. The molecule has 1 rings (SSSR count). The Balaban J connectivity index is 2.82. The summed E-state index contributed by atoms with van der Waals surface area (Å²) in [5.41, 5.74) is 1.31. The Bertz CT molecular complexity index is 586. The summed E-state index contributed by atoms with van der Waals surface area (Å²) in [7, 11) is -3.42. The molecule has 0 spiro atoms. The van der Waals surface area contributed by atoms with Crippen LogP contribution in [0.15, 0.2) is 24.3 Å². The average Bonchev–Trinajstić information content (AvgIpc) is 2.27. The molecule has 0 unspecified atom stereocenters. The molecular formula is C15H24N2O3S. The van der Waals surface area contributed by atoms with E-state index in [0.717, 1.165) is 11.8 Å². The third kappa shape index (κ3) is 6.16. The summed E-state index contributed by atoms with van der Waals surface area (Å²) in [5.74, 6) is -0.164. The molecule has 6 heteroatoms. The summed E-state index contributed by atoms with van der Waals surface area (Å²) in [6.07, 6.45) is 1.27. The Hall–Kier alpha value is -1.56. The number of anilines is 1. The molecule has 5 nitrogen and oxygen atoms in total. The van der Waals surface area contributed by atoms with E-state index < -0.39 is 10.0 Å². The van der Waals surface area contributed by atoms with Gasteiger partial charge in [0.1, 0.15) is 0 Å². The van der Waals surface area contributed by atoms with Gasteiger partial charge in [-0.05, 0) is 39.8 Å². The predicted octanol–water partition coefficient (Wildman–Crippen LogP) is 2.07. The Morgan fingerprint density at radius 2 is 1.71 bits per heavy atom. The smallest absolute Gasteiger partial charge is 0.232 e. The first kappa shape index (κ1) is 17.5. The van der Waals surface area contributed by atoms with Crippen molar-refractivity contribution in [1.82, 2.24) is 5.32 Å². The van der Waals surface area contributed by atoms with E-state index in [2.05, 4.69) is 5.32 Å².